The molecule has 3 aromatic heterocycles. The number of aromatic nitrogens is 9. The second-order valence-corrected chi connectivity index (χ2v) is 46.1. The fourth-order valence-electron chi connectivity index (χ4n) is 23.2. The van der Waals surface area contributed by atoms with Crippen molar-refractivity contribution in [1.82, 2.24) is 71.4 Å². The van der Waals surface area contributed by atoms with Crippen LogP contribution in [0.3, 0.4) is 0 Å². The van der Waals surface area contributed by atoms with Crippen LogP contribution < -0.4 is 65.8 Å². The van der Waals surface area contributed by atoms with Gasteiger partial charge in [-0.05, 0) is 292 Å². The van der Waals surface area contributed by atoms with E-state index in [1.54, 1.807) is 0 Å². The van der Waals surface area contributed by atoms with Gasteiger partial charge in [0.25, 0.3) is 0 Å². The van der Waals surface area contributed by atoms with Gasteiger partial charge in [-0.3, -0.25) is 0 Å². The Morgan fingerprint density at radius 2 is 0.504 bits per heavy atom. The molecule has 8 rings (SSSR count). The first-order valence-electron chi connectivity index (χ1n) is 51.3. The summed E-state index contributed by atoms with van der Waals surface area (Å²) < 4.78 is 0. The predicted molar refractivity (Wildman–Crippen MR) is 535 cm³/mol. The Balaban J connectivity index is 1.21. The highest BCUT2D eigenvalue weighted by molar-refractivity contribution is 5.51. The molecule has 125 heavy (non-hydrogen) atoms. The lowest BCUT2D eigenvalue weighted by atomic mass is 9.69. The van der Waals surface area contributed by atoms with Crippen LogP contribution in [0.5, 0.6) is 0 Å². The van der Waals surface area contributed by atoms with Gasteiger partial charge < -0.3 is 65.8 Å². The van der Waals surface area contributed by atoms with Crippen LogP contribution in [0.15, 0.2) is 24.2 Å². The summed E-state index contributed by atoms with van der Waals surface area (Å²) in [6.07, 6.45) is 39.0. The van der Waals surface area contributed by atoms with Crippen LogP contribution in [0.1, 0.15) is 430 Å². The van der Waals surface area contributed by atoms with Crippen LogP contribution in [0.25, 0.3) is 0 Å². The summed E-state index contributed by atoms with van der Waals surface area (Å²) in [5.74, 6) is 8.03. The zero-order valence-electron chi connectivity index (χ0n) is 85.9. The molecule has 1 unspecified atom stereocenters. The zero-order valence-corrected chi connectivity index (χ0v) is 85.9. The third kappa shape index (κ3) is 33.1. The SMILES string of the molecule is C=C=C=CN(CCCC)c1nc(N(CCCC)CCCC)nc(N(CCCCCCN(c2nc(C(CCCCCCN(c3nc(N(CCCC)CCCC)nc(N(CCCC)CCCC)n3)C3CC(C)(C)NC(C)(C)C3)C3CC(C)(C)NC(C)(C)C3)nc(N(CCCC)C3CC(C)(C)NC(C)(C)C3)n2)C2CC(C)(C)NC(C)(C)C2)C2CC(C)(C)NC(C)(C)C2)n1. The van der Waals surface area contributed by atoms with Gasteiger partial charge in [0.15, 0.2) is 0 Å². The first kappa shape index (κ1) is 105. The number of hydrogen-bond donors (Lipinski definition) is 5. The molecule has 712 valence electrons. The molecular weight excluding hydrogens is 1550 g/mol. The average Bonchev–Trinajstić information content (AvgIpc) is 0.777. The van der Waals surface area contributed by atoms with Crippen LogP contribution in [0.2, 0.25) is 0 Å². The number of piperidine rings is 5. The molecule has 5 aliphatic heterocycles. The topological polar surface area (TPSA) is 202 Å². The molecule has 1 atom stereocenters. The van der Waals surface area contributed by atoms with Crippen molar-refractivity contribution in [2.24, 2.45) is 5.92 Å². The van der Waals surface area contributed by atoms with Crippen LogP contribution in [-0.2, 0) is 0 Å². The highest BCUT2D eigenvalue weighted by atomic mass is 15.4. The van der Waals surface area contributed by atoms with Crippen molar-refractivity contribution in [3.63, 3.8) is 0 Å². The van der Waals surface area contributed by atoms with Gasteiger partial charge in [0.2, 0.25) is 47.6 Å². The Kier molecular flexibility index (Phi) is 39.5. The van der Waals surface area contributed by atoms with E-state index in [2.05, 4.69) is 278 Å². The van der Waals surface area contributed by atoms with Gasteiger partial charge >= 0.3 is 0 Å². The third-order valence-electron chi connectivity index (χ3n) is 27.3. The van der Waals surface area contributed by atoms with Crippen LogP contribution in [0.4, 0.5) is 47.6 Å². The van der Waals surface area contributed by atoms with Crippen molar-refractivity contribution >= 4 is 47.6 Å². The van der Waals surface area contributed by atoms with Crippen molar-refractivity contribution < 1.29 is 0 Å². The Morgan fingerprint density at radius 1 is 0.280 bits per heavy atom. The molecule has 0 aromatic carbocycles. The highest BCUT2D eigenvalue weighted by Crippen LogP contribution is 2.46. The number of rotatable bonds is 53. The molecular formula is C103H190N22. The summed E-state index contributed by atoms with van der Waals surface area (Å²) in [5.41, 5.74) is 5.19. The van der Waals surface area contributed by atoms with Gasteiger partial charge in [-0.1, -0.05) is 150 Å². The average molecular weight is 1740 g/mol. The van der Waals surface area contributed by atoms with E-state index in [0.717, 1.165) is 344 Å². The fourth-order valence-corrected chi connectivity index (χ4v) is 23.2. The molecule has 0 radical (unpaired) electrons. The molecule has 0 amide bonds. The summed E-state index contributed by atoms with van der Waals surface area (Å²) in [7, 11) is 0. The first-order valence-corrected chi connectivity index (χ1v) is 51.3. The number of hydrogen-bond acceptors (Lipinski definition) is 22. The molecule has 22 nitrogen and oxygen atoms in total. The van der Waals surface area contributed by atoms with E-state index < -0.39 is 0 Å². The summed E-state index contributed by atoms with van der Waals surface area (Å²) in [4.78, 5) is 72.1. The van der Waals surface area contributed by atoms with E-state index in [4.69, 9.17) is 44.9 Å². The van der Waals surface area contributed by atoms with Gasteiger partial charge in [-0.25, -0.2) is 0 Å². The van der Waals surface area contributed by atoms with E-state index in [-0.39, 0.29) is 85.5 Å². The van der Waals surface area contributed by atoms with Crippen molar-refractivity contribution in [3.8, 4) is 0 Å². The molecule has 5 aliphatic rings. The Hall–Kier alpha value is -5.47. The van der Waals surface area contributed by atoms with Gasteiger partial charge in [0, 0.05) is 157 Å². The maximum atomic E-state index is 6.18. The summed E-state index contributed by atoms with van der Waals surface area (Å²) >= 11 is 0. The van der Waals surface area contributed by atoms with Gasteiger partial charge in [0.1, 0.15) is 5.82 Å². The smallest absolute Gasteiger partial charge is 0.236 e. The van der Waals surface area contributed by atoms with Crippen molar-refractivity contribution in [1.29, 1.82) is 0 Å². The number of anilines is 8. The third-order valence-corrected chi connectivity index (χ3v) is 27.3. The fraction of sp³-hybridized carbons (Fsp3) is 0.874. The summed E-state index contributed by atoms with van der Waals surface area (Å²) in [6, 6.07) is 0.888. The molecule has 3 aromatic rings. The summed E-state index contributed by atoms with van der Waals surface area (Å²) in [5, 5.41) is 20.4. The molecule has 0 spiro atoms. The monoisotopic (exact) mass is 1740 g/mol. The lowest BCUT2D eigenvalue weighted by Gasteiger charge is -2.50. The number of unbranched alkanes of at least 4 members (excludes halogenated alkanes) is 14. The van der Waals surface area contributed by atoms with E-state index in [0.29, 0.717) is 11.9 Å². The Labute approximate surface area is 766 Å². The number of nitrogens with one attached hydrogen (secondary N) is 5. The van der Waals surface area contributed by atoms with E-state index in [1.165, 1.54) is 0 Å². The minimum atomic E-state index is -0.120. The van der Waals surface area contributed by atoms with Gasteiger partial charge in [-0.2, -0.15) is 44.9 Å². The lowest BCUT2D eigenvalue weighted by Crippen LogP contribution is -2.63. The molecule has 0 bridgehead atoms. The number of nitrogens with zero attached hydrogens (tertiary/aromatic N) is 17. The quantitative estimate of drug-likeness (QED) is 0.0263. The lowest BCUT2D eigenvalue weighted by molar-refractivity contribution is 0.107. The molecule has 22 heteroatoms. The van der Waals surface area contributed by atoms with E-state index in [9.17, 15) is 0 Å². The molecule has 8 heterocycles. The molecule has 0 aliphatic carbocycles. The second kappa shape index (κ2) is 47.1. The maximum absolute atomic E-state index is 6.18. The van der Waals surface area contributed by atoms with E-state index in [1.807, 2.05) is 6.20 Å². The van der Waals surface area contributed by atoms with Gasteiger partial charge in [-0.15, -0.1) is 0 Å². The van der Waals surface area contributed by atoms with Crippen LogP contribution >= 0.6 is 0 Å². The molecule has 5 N–H and O–H groups in total. The van der Waals surface area contributed by atoms with E-state index >= 15 is 0 Å². The predicted octanol–water partition coefficient (Wildman–Crippen LogP) is 22.3. The normalized spacial score (nSPS) is 20.4. The minimum absolute atomic E-state index is 0.0657. The van der Waals surface area contributed by atoms with Gasteiger partial charge in [0.05, 0.1) is 6.20 Å². The minimum Gasteiger partial charge on any atom is -0.341 e. The van der Waals surface area contributed by atoms with Crippen LogP contribution in [-0.4, -0.2) is 196 Å². The molecule has 0 saturated carbocycles. The second-order valence-electron chi connectivity index (χ2n) is 46.1. The van der Waals surface area contributed by atoms with Crippen molar-refractivity contribution in [2.45, 2.75) is 504 Å². The van der Waals surface area contributed by atoms with Crippen LogP contribution in [0, 0.1) is 5.92 Å². The Bertz CT molecular complexity index is 3630. The summed E-state index contributed by atoms with van der Waals surface area (Å²) in [6.45, 7) is 80.4. The molecule has 5 saturated heterocycles. The van der Waals surface area contributed by atoms with Crippen molar-refractivity contribution in [2.75, 3.05) is 111 Å². The van der Waals surface area contributed by atoms with Crippen molar-refractivity contribution in [3.05, 3.63) is 30.1 Å². The zero-order chi connectivity index (χ0) is 91.8. The maximum Gasteiger partial charge on any atom is 0.236 e. The Morgan fingerprint density at radius 3 is 0.792 bits per heavy atom. The first-order chi connectivity index (χ1) is 58.8. The molecule has 5 fully saturated rings. The highest BCUT2D eigenvalue weighted by Gasteiger charge is 2.48. The largest absolute Gasteiger partial charge is 0.341 e. The standard InChI is InChI=1S/C103H190N22/c1-30-39-57-118(58-40-31-2)86-106-87(119(59-41-32-3)60-42-33-4)109-92(108-86)124(82-75-100(22,23)116-101(24,25)76-82)67-53-49-48-52-56-84(79-69-94(10,11)113-95(12,13)70-79)85-104-90(122(65-47-38-9)80-71-96(14,15)114-97(16,17)72-80)112-91(105-85)123(81-73-98(18,19)115-99(20,21)74-81)66-54-50-51-55-68-125(83-77-102(26,27)117-103(28,29)78-83)93-110-88(120(61-43-34-5)62-44-35-6)107-89(111-93)121(63-45-36-7)64-46-37-8/h61,79-84,113-117H,5,30-33,35-42,44-60,62-78H2,1-4,6-29H3.